The Morgan fingerprint density at radius 3 is 3.20 bits per heavy atom. The van der Waals surface area contributed by atoms with Crippen LogP contribution in [0.15, 0.2) is 11.8 Å². The Labute approximate surface area is 87.9 Å². The monoisotopic (exact) mass is 210 g/mol. The minimum absolute atomic E-state index is 0.0367. The number of Topliss-reactive ketones (excluding diaryl/α,β-unsaturated/α-hetero) is 1. The summed E-state index contributed by atoms with van der Waals surface area (Å²) in [5, 5.41) is 10.3. The molecule has 2 aliphatic heterocycles. The van der Waals surface area contributed by atoms with Crippen molar-refractivity contribution in [2.24, 2.45) is 11.8 Å². The average molecular weight is 210 g/mol. The highest BCUT2D eigenvalue weighted by molar-refractivity contribution is 5.93. The number of hydrogen-bond acceptors (Lipinski definition) is 4. The Hall–Kier alpha value is -0.870. The predicted molar refractivity (Wildman–Crippen MR) is 50.8 cm³/mol. The van der Waals surface area contributed by atoms with Crippen LogP contribution < -0.4 is 0 Å². The minimum Gasteiger partial charge on any atom is -0.472 e. The molecular formula is C11H14O4. The number of ether oxygens (including phenoxy) is 2. The second-order valence-electron chi connectivity index (χ2n) is 4.72. The average Bonchev–Trinajstić information content (AvgIpc) is 2.70. The largest absolute Gasteiger partial charge is 0.472 e. The second-order valence-corrected chi connectivity index (χ2v) is 4.72. The Morgan fingerprint density at radius 2 is 2.47 bits per heavy atom. The number of ketones is 1. The number of aliphatic hydroxyl groups is 1. The zero-order chi connectivity index (χ0) is 10.6. The van der Waals surface area contributed by atoms with E-state index in [0.29, 0.717) is 18.6 Å². The van der Waals surface area contributed by atoms with Crippen molar-refractivity contribution in [2.45, 2.75) is 31.7 Å². The molecule has 0 unspecified atom stereocenters. The van der Waals surface area contributed by atoms with Gasteiger partial charge < -0.3 is 14.6 Å². The molecule has 0 aromatic carbocycles. The Kier molecular flexibility index (Phi) is 1.77. The summed E-state index contributed by atoms with van der Waals surface area (Å²) in [5.41, 5.74) is -0.0673. The first-order valence-electron chi connectivity index (χ1n) is 5.32. The van der Waals surface area contributed by atoms with Crippen LogP contribution in [-0.4, -0.2) is 29.4 Å². The summed E-state index contributed by atoms with van der Waals surface area (Å²) in [4.78, 5) is 11.4. The van der Waals surface area contributed by atoms with E-state index in [0.717, 1.165) is 6.42 Å². The number of carbonyl (C=O) groups excluding carboxylic acids is 1. The summed E-state index contributed by atoms with van der Waals surface area (Å²) in [6.45, 7) is 1.88. The molecule has 1 saturated carbocycles. The summed E-state index contributed by atoms with van der Waals surface area (Å²) in [7, 11) is 0. The van der Waals surface area contributed by atoms with Gasteiger partial charge in [0.25, 0.3) is 0 Å². The molecule has 1 N–H and O–H groups in total. The van der Waals surface area contributed by atoms with Gasteiger partial charge in [-0.3, -0.25) is 4.79 Å². The fourth-order valence-corrected chi connectivity index (χ4v) is 3.11. The first kappa shape index (κ1) is 9.36. The lowest BCUT2D eigenvalue weighted by Gasteiger charge is -2.31. The standard InChI is InChI=1S/C11H14O4/c1-6(12)8-4-14-10-9-7(8)2-3-11(9,13)5-15-10/h4,7,9-10,13H,2-3,5H2,1H3/t7-,9-,10-,11-/m1/s1. The molecular weight excluding hydrogens is 196 g/mol. The lowest BCUT2D eigenvalue weighted by molar-refractivity contribution is -0.123. The summed E-state index contributed by atoms with van der Waals surface area (Å²) >= 11 is 0. The molecule has 0 aromatic heterocycles. The highest BCUT2D eigenvalue weighted by Crippen LogP contribution is 2.52. The van der Waals surface area contributed by atoms with Crippen LogP contribution in [0.5, 0.6) is 0 Å². The van der Waals surface area contributed by atoms with Gasteiger partial charge in [0.1, 0.15) is 0 Å². The predicted octanol–water partition coefficient (Wildman–Crippen LogP) is 0.603. The minimum atomic E-state index is -0.774. The van der Waals surface area contributed by atoms with Crippen LogP contribution in [0.3, 0.4) is 0 Å². The molecule has 4 atom stereocenters. The fourth-order valence-electron chi connectivity index (χ4n) is 3.11. The summed E-state index contributed by atoms with van der Waals surface area (Å²) < 4.78 is 10.8. The summed E-state index contributed by atoms with van der Waals surface area (Å²) in [5.74, 6) is 0.102. The van der Waals surface area contributed by atoms with Crippen LogP contribution in [0.2, 0.25) is 0 Å². The molecule has 0 bridgehead atoms. The normalized spacial score (nSPS) is 47.1. The van der Waals surface area contributed by atoms with Gasteiger partial charge in [-0.05, 0) is 19.8 Å². The maximum absolute atomic E-state index is 11.4. The molecule has 4 nitrogen and oxygen atoms in total. The molecule has 82 valence electrons. The molecule has 0 amide bonds. The lowest BCUT2D eigenvalue weighted by Crippen LogP contribution is -2.40. The van der Waals surface area contributed by atoms with Crippen molar-refractivity contribution in [3.05, 3.63) is 11.8 Å². The third-order valence-corrected chi connectivity index (χ3v) is 3.87. The molecule has 3 aliphatic rings. The maximum atomic E-state index is 11.4. The fraction of sp³-hybridized carbons (Fsp3) is 0.727. The molecule has 2 heterocycles. The molecule has 2 fully saturated rings. The molecule has 15 heavy (non-hydrogen) atoms. The van der Waals surface area contributed by atoms with Crippen LogP contribution in [0.1, 0.15) is 19.8 Å². The van der Waals surface area contributed by atoms with Gasteiger partial charge in [0, 0.05) is 11.5 Å². The van der Waals surface area contributed by atoms with E-state index in [4.69, 9.17) is 9.47 Å². The molecule has 3 rings (SSSR count). The van der Waals surface area contributed by atoms with E-state index in [2.05, 4.69) is 0 Å². The van der Waals surface area contributed by atoms with Crippen LogP contribution in [0, 0.1) is 11.8 Å². The molecule has 0 aromatic rings. The van der Waals surface area contributed by atoms with Gasteiger partial charge >= 0.3 is 0 Å². The molecule has 0 spiro atoms. The Balaban J connectivity index is 2.00. The van der Waals surface area contributed by atoms with Crippen LogP contribution in [0.4, 0.5) is 0 Å². The van der Waals surface area contributed by atoms with Crippen molar-refractivity contribution in [2.75, 3.05) is 6.61 Å². The van der Waals surface area contributed by atoms with E-state index >= 15 is 0 Å². The SMILES string of the molecule is CC(=O)C1=CO[C@@H]2OC[C@]3(O)CC[C@H]1[C@H]23. The first-order chi connectivity index (χ1) is 7.12. The van der Waals surface area contributed by atoms with Crippen molar-refractivity contribution < 1.29 is 19.4 Å². The number of carbonyl (C=O) groups is 1. The zero-order valence-corrected chi connectivity index (χ0v) is 8.60. The number of allylic oxidation sites excluding steroid dienone is 1. The molecule has 4 heteroatoms. The van der Waals surface area contributed by atoms with Crippen molar-refractivity contribution in [3.63, 3.8) is 0 Å². The van der Waals surface area contributed by atoms with E-state index in [1.807, 2.05) is 0 Å². The van der Waals surface area contributed by atoms with Crippen molar-refractivity contribution in [1.29, 1.82) is 0 Å². The van der Waals surface area contributed by atoms with Crippen LogP contribution in [-0.2, 0) is 14.3 Å². The van der Waals surface area contributed by atoms with Gasteiger partial charge in [0.2, 0.25) is 6.29 Å². The third-order valence-electron chi connectivity index (χ3n) is 3.87. The van der Waals surface area contributed by atoms with Gasteiger partial charge in [-0.25, -0.2) is 0 Å². The van der Waals surface area contributed by atoms with Gasteiger partial charge in [0.15, 0.2) is 5.78 Å². The van der Waals surface area contributed by atoms with Gasteiger partial charge in [-0.1, -0.05) is 0 Å². The third kappa shape index (κ3) is 1.12. The van der Waals surface area contributed by atoms with E-state index in [1.54, 1.807) is 6.92 Å². The lowest BCUT2D eigenvalue weighted by atomic mass is 9.81. The summed E-state index contributed by atoms with van der Waals surface area (Å²) in [6.07, 6.45) is 2.72. The van der Waals surface area contributed by atoms with Gasteiger partial charge in [-0.2, -0.15) is 0 Å². The van der Waals surface area contributed by atoms with Crippen LogP contribution >= 0.6 is 0 Å². The molecule has 1 saturated heterocycles. The molecule has 0 radical (unpaired) electrons. The zero-order valence-electron chi connectivity index (χ0n) is 8.60. The van der Waals surface area contributed by atoms with E-state index < -0.39 is 5.60 Å². The molecule has 1 aliphatic carbocycles. The number of hydrogen-bond donors (Lipinski definition) is 1. The van der Waals surface area contributed by atoms with Crippen molar-refractivity contribution in [3.8, 4) is 0 Å². The van der Waals surface area contributed by atoms with E-state index in [1.165, 1.54) is 6.26 Å². The number of rotatable bonds is 1. The van der Waals surface area contributed by atoms with E-state index in [9.17, 15) is 9.90 Å². The van der Waals surface area contributed by atoms with Gasteiger partial charge in [-0.15, -0.1) is 0 Å². The highest BCUT2D eigenvalue weighted by Gasteiger charge is 2.59. The highest BCUT2D eigenvalue weighted by atomic mass is 16.7. The van der Waals surface area contributed by atoms with Crippen molar-refractivity contribution >= 4 is 5.78 Å². The maximum Gasteiger partial charge on any atom is 0.205 e. The quantitative estimate of drug-likeness (QED) is 0.688. The van der Waals surface area contributed by atoms with Gasteiger partial charge in [0.05, 0.1) is 24.4 Å². The summed E-state index contributed by atoms with van der Waals surface area (Å²) in [6, 6.07) is 0. The first-order valence-corrected chi connectivity index (χ1v) is 5.32. The topological polar surface area (TPSA) is 55.8 Å². The Morgan fingerprint density at radius 1 is 1.67 bits per heavy atom. The smallest absolute Gasteiger partial charge is 0.205 e. The van der Waals surface area contributed by atoms with Crippen LogP contribution in [0.25, 0.3) is 0 Å². The van der Waals surface area contributed by atoms with E-state index in [-0.39, 0.29) is 23.9 Å². The Bertz CT molecular complexity index is 348. The second kappa shape index (κ2) is 2.83. The van der Waals surface area contributed by atoms with Crippen molar-refractivity contribution in [1.82, 2.24) is 0 Å².